The number of hydrogen-bond acceptors (Lipinski definition) is 2. The number of carbonyl (C=O) groups is 1. The number of nitrogens with zero attached hydrogens (tertiary/aromatic N) is 1. The van der Waals surface area contributed by atoms with Crippen molar-refractivity contribution in [2.75, 3.05) is 6.54 Å². The predicted molar refractivity (Wildman–Crippen MR) is 76.3 cm³/mol. The molecule has 0 bridgehead atoms. The van der Waals surface area contributed by atoms with Gasteiger partial charge < -0.3 is 10.0 Å². The third-order valence-corrected chi connectivity index (χ3v) is 4.30. The molecular weight excluding hydrogens is 304 g/mol. The highest BCUT2D eigenvalue weighted by Crippen LogP contribution is 2.32. The van der Waals surface area contributed by atoms with Crippen LogP contribution in [-0.2, 0) is 10.7 Å². The van der Waals surface area contributed by atoms with Crippen molar-refractivity contribution >= 4 is 29.1 Å². The minimum absolute atomic E-state index is 0.142. The molecule has 1 aromatic rings. The summed E-state index contributed by atoms with van der Waals surface area (Å²) >= 11 is 11.9. The first kappa shape index (κ1) is 15.5. The Labute approximate surface area is 127 Å². The van der Waals surface area contributed by atoms with Crippen molar-refractivity contribution in [1.82, 2.24) is 4.90 Å². The zero-order valence-electron chi connectivity index (χ0n) is 11.1. The Kier molecular flexibility index (Phi) is 4.89. The molecule has 110 valence electrons. The molecule has 2 rings (SSSR count). The molecule has 1 aliphatic heterocycles. The van der Waals surface area contributed by atoms with Crippen LogP contribution in [0.15, 0.2) is 12.1 Å². The summed E-state index contributed by atoms with van der Waals surface area (Å²) in [6.07, 6.45) is 0.208. The third-order valence-electron chi connectivity index (χ3n) is 3.69. The molecule has 0 spiro atoms. The number of piperidine rings is 1. The van der Waals surface area contributed by atoms with Crippen LogP contribution in [0.2, 0.25) is 5.02 Å². The molecule has 1 aliphatic rings. The molecule has 0 unspecified atom stereocenters. The summed E-state index contributed by atoms with van der Waals surface area (Å²) in [4.78, 5) is 13.6. The number of rotatable bonds is 3. The lowest BCUT2D eigenvalue weighted by Gasteiger charge is -2.35. The SMILES string of the molecule is C[C@@H](c1cc(F)cc(Cl)c1CCl)N1CCC[C@@H](O)C1=O. The number of aliphatic hydroxyl groups is 1. The van der Waals surface area contributed by atoms with Gasteiger partial charge >= 0.3 is 0 Å². The highest BCUT2D eigenvalue weighted by atomic mass is 35.5. The number of hydrogen-bond donors (Lipinski definition) is 1. The standard InChI is InChI=1S/C14H16Cl2FNO2/c1-8(18-4-2-3-13(19)14(18)20)10-5-9(17)6-12(16)11(10)7-15/h5-6,8,13,19H,2-4,7H2,1H3/t8-,13+/m0/s1. The van der Waals surface area contributed by atoms with Crippen molar-refractivity contribution in [3.8, 4) is 0 Å². The number of halogens is 3. The molecule has 3 nitrogen and oxygen atoms in total. The van der Waals surface area contributed by atoms with Gasteiger partial charge in [0.25, 0.3) is 5.91 Å². The first-order valence-corrected chi connectivity index (χ1v) is 7.39. The Morgan fingerprint density at radius 2 is 2.25 bits per heavy atom. The number of carbonyl (C=O) groups excluding carboxylic acids is 1. The van der Waals surface area contributed by atoms with Crippen LogP contribution in [0, 0.1) is 5.82 Å². The van der Waals surface area contributed by atoms with Crippen LogP contribution in [0.4, 0.5) is 4.39 Å². The van der Waals surface area contributed by atoms with Crippen LogP contribution in [0.5, 0.6) is 0 Å². The average molecular weight is 320 g/mol. The monoisotopic (exact) mass is 319 g/mol. The average Bonchev–Trinajstić information content (AvgIpc) is 2.40. The van der Waals surface area contributed by atoms with E-state index in [1.54, 1.807) is 11.8 Å². The van der Waals surface area contributed by atoms with Crippen molar-refractivity contribution in [1.29, 1.82) is 0 Å². The van der Waals surface area contributed by atoms with E-state index in [1.807, 2.05) is 0 Å². The molecule has 20 heavy (non-hydrogen) atoms. The minimum Gasteiger partial charge on any atom is -0.383 e. The van der Waals surface area contributed by atoms with E-state index in [9.17, 15) is 14.3 Å². The van der Waals surface area contributed by atoms with Crippen LogP contribution in [0.25, 0.3) is 0 Å². The van der Waals surface area contributed by atoms with E-state index >= 15 is 0 Å². The zero-order valence-corrected chi connectivity index (χ0v) is 12.6. The Hall–Kier alpha value is -0.840. The van der Waals surface area contributed by atoms with Gasteiger partial charge in [-0.3, -0.25) is 4.79 Å². The zero-order chi connectivity index (χ0) is 14.9. The molecule has 0 saturated carbocycles. The first-order chi connectivity index (χ1) is 9.45. The van der Waals surface area contributed by atoms with Gasteiger partial charge in [-0.15, -0.1) is 11.6 Å². The second kappa shape index (κ2) is 6.29. The fourth-order valence-electron chi connectivity index (χ4n) is 2.57. The van der Waals surface area contributed by atoms with E-state index < -0.39 is 11.9 Å². The van der Waals surface area contributed by atoms with Crippen LogP contribution in [0.3, 0.4) is 0 Å². The van der Waals surface area contributed by atoms with Crippen molar-refractivity contribution < 1.29 is 14.3 Å². The van der Waals surface area contributed by atoms with Crippen LogP contribution in [-0.4, -0.2) is 28.6 Å². The molecule has 2 atom stereocenters. The van der Waals surface area contributed by atoms with E-state index in [4.69, 9.17) is 23.2 Å². The quantitative estimate of drug-likeness (QED) is 0.869. The molecular formula is C14H16Cl2FNO2. The highest BCUT2D eigenvalue weighted by Gasteiger charge is 2.31. The molecule has 1 saturated heterocycles. The second-order valence-electron chi connectivity index (χ2n) is 4.95. The predicted octanol–water partition coefficient (Wildman–Crippen LogP) is 3.26. The van der Waals surface area contributed by atoms with Gasteiger partial charge in [-0.25, -0.2) is 4.39 Å². The lowest BCUT2D eigenvalue weighted by Crippen LogP contribution is -2.45. The Morgan fingerprint density at radius 1 is 1.55 bits per heavy atom. The molecule has 0 radical (unpaired) electrons. The fourth-order valence-corrected chi connectivity index (χ4v) is 3.22. The van der Waals surface area contributed by atoms with Crippen molar-refractivity contribution in [2.45, 2.75) is 37.8 Å². The third kappa shape index (κ3) is 2.92. The maximum absolute atomic E-state index is 13.6. The van der Waals surface area contributed by atoms with Gasteiger partial charge in [-0.05, 0) is 43.0 Å². The van der Waals surface area contributed by atoms with Crippen molar-refractivity contribution in [3.05, 3.63) is 34.1 Å². The molecule has 1 heterocycles. The van der Waals surface area contributed by atoms with Crippen LogP contribution >= 0.6 is 23.2 Å². The largest absolute Gasteiger partial charge is 0.383 e. The summed E-state index contributed by atoms with van der Waals surface area (Å²) in [7, 11) is 0. The maximum Gasteiger partial charge on any atom is 0.251 e. The van der Waals surface area contributed by atoms with Crippen LogP contribution < -0.4 is 0 Å². The molecule has 1 amide bonds. The van der Waals surface area contributed by atoms with Gasteiger partial charge in [0, 0.05) is 17.4 Å². The Morgan fingerprint density at radius 3 is 2.90 bits per heavy atom. The Bertz CT molecular complexity index is 524. The molecule has 1 aromatic carbocycles. The summed E-state index contributed by atoms with van der Waals surface area (Å²) in [5.74, 6) is -0.649. The van der Waals surface area contributed by atoms with Gasteiger partial charge in [-0.2, -0.15) is 0 Å². The van der Waals surface area contributed by atoms with Gasteiger partial charge in [-0.1, -0.05) is 11.6 Å². The summed E-state index contributed by atoms with van der Waals surface area (Å²) in [6.45, 7) is 2.32. The van der Waals surface area contributed by atoms with Gasteiger partial charge in [0.2, 0.25) is 0 Å². The fraction of sp³-hybridized carbons (Fsp3) is 0.500. The van der Waals surface area contributed by atoms with E-state index in [0.717, 1.165) is 6.42 Å². The van der Waals surface area contributed by atoms with E-state index in [1.165, 1.54) is 12.1 Å². The van der Waals surface area contributed by atoms with Crippen LogP contribution in [0.1, 0.15) is 36.9 Å². The minimum atomic E-state index is -0.977. The lowest BCUT2D eigenvalue weighted by atomic mass is 9.97. The van der Waals surface area contributed by atoms with E-state index in [-0.39, 0.29) is 22.9 Å². The Balaban J connectivity index is 2.37. The molecule has 1 fully saturated rings. The number of likely N-dealkylation sites (tertiary alicyclic amines) is 1. The molecule has 6 heteroatoms. The maximum atomic E-state index is 13.6. The number of aliphatic hydroxyl groups excluding tert-OH is 1. The number of benzene rings is 1. The second-order valence-corrected chi connectivity index (χ2v) is 5.63. The summed E-state index contributed by atoms with van der Waals surface area (Å²) in [5, 5.41) is 9.92. The van der Waals surface area contributed by atoms with Gasteiger partial charge in [0.15, 0.2) is 0 Å². The normalized spacial score (nSPS) is 21.1. The molecule has 1 N–H and O–H groups in total. The van der Waals surface area contributed by atoms with E-state index in [0.29, 0.717) is 24.1 Å². The van der Waals surface area contributed by atoms with Crippen molar-refractivity contribution in [2.24, 2.45) is 0 Å². The van der Waals surface area contributed by atoms with E-state index in [2.05, 4.69) is 0 Å². The summed E-state index contributed by atoms with van der Waals surface area (Å²) < 4.78 is 13.6. The summed E-state index contributed by atoms with van der Waals surface area (Å²) in [6, 6.07) is 2.18. The van der Waals surface area contributed by atoms with Gasteiger partial charge in [0.1, 0.15) is 11.9 Å². The van der Waals surface area contributed by atoms with Gasteiger partial charge in [0.05, 0.1) is 6.04 Å². The first-order valence-electron chi connectivity index (χ1n) is 6.48. The number of amides is 1. The lowest BCUT2D eigenvalue weighted by molar-refractivity contribution is -0.146. The topological polar surface area (TPSA) is 40.5 Å². The summed E-state index contributed by atoms with van der Waals surface area (Å²) in [5.41, 5.74) is 1.21. The smallest absolute Gasteiger partial charge is 0.251 e. The number of alkyl halides is 1. The molecule has 0 aromatic heterocycles. The van der Waals surface area contributed by atoms with Crippen molar-refractivity contribution in [3.63, 3.8) is 0 Å². The highest BCUT2D eigenvalue weighted by molar-refractivity contribution is 6.32. The molecule has 0 aliphatic carbocycles.